The number of amides is 2. The Bertz CT molecular complexity index is 1420. The highest BCUT2D eigenvalue weighted by atomic mass is 16.7. The monoisotopic (exact) mass is 544 g/mol. The molecule has 2 heterocycles. The number of rotatable bonds is 7. The van der Waals surface area contributed by atoms with Gasteiger partial charge in [0.1, 0.15) is 0 Å². The minimum atomic E-state index is -1.01. The minimum Gasteiger partial charge on any atom is -0.481 e. The van der Waals surface area contributed by atoms with E-state index in [4.69, 9.17) is 15.2 Å². The van der Waals surface area contributed by atoms with Gasteiger partial charge in [0.2, 0.25) is 6.79 Å². The van der Waals surface area contributed by atoms with Crippen molar-refractivity contribution in [1.29, 1.82) is 0 Å². The molecule has 1 atom stereocenters. The number of aliphatic carboxylic acids is 1. The van der Waals surface area contributed by atoms with E-state index in [0.29, 0.717) is 54.5 Å². The summed E-state index contributed by atoms with van der Waals surface area (Å²) >= 11 is 0. The van der Waals surface area contributed by atoms with Gasteiger partial charge in [0.15, 0.2) is 11.5 Å². The zero-order valence-electron chi connectivity index (χ0n) is 22.3. The number of anilines is 2. The number of nitrogens with two attached hydrogens (primary N) is 1. The van der Waals surface area contributed by atoms with Crippen LogP contribution in [0.25, 0.3) is 0 Å². The Kier molecular flexibility index (Phi) is 7.77. The van der Waals surface area contributed by atoms with Gasteiger partial charge in [-0.2, -0.15) is 0 Å². The summed E-state index contributed by atoms with van der Waals surface area (Å²) < 4.78 is 10.8. The summed E-state index contributed by atoms with van der Waals surface area (Å²) in [5.41, 5.74) is 10.3. The molecule has 0 radical (unpaired) electrons. The third-order valence-corrected chi connectivity index (χ3v) is 7.20. The first-order chi connectivity index (χ1) is 19.3. The van der Waals surface area contributed by atoms with Gasteiger partial charge in [-0.15, -0.1) is 0 Å². The van der Waals surface area contributed by atoms with E-state index in [1.807, 2.05) is 36.1 Å². The molecule has 1 unspecified atom stereocenters. The van der Waals surface area contributed by atoms with Crippen LogP contribution in [0, 0.1) is 6.92 Å². The Hall–Kier alpha value is -4.73. The second-order valence-electron chi connectivity index (χ2n) is 10.0. The average molecular weight is 545 g/mol. The van der Waals surface area contributed by atoms with Gasteiger partial charge >= 0.3 is 5.97 Å². The van der Waals surface area contributed by atoms with Crippen LogP contribution in [0.15, 0.2) is 60.7 Å². The molecule has 3 aromatic carbocycles. The van der Waals surface area contributed by atoms with E-state index in [1.54, 1.807) is 36.4 Å². The summed E-state index contributed by atoms with van der Waals surface area (Å²) in [7, 11) is 0. The van der Waals surface area contributed by atoms with Gasteiger partial charge in [-0.05, 0) is 55.3 Å². The van der Waals surface area contributed by atoms with Gasteiger partial charge in [-0.25, -0.2) is 0 Å². The lowest BCUT2D eigenvalue weighted by atomic mass is 10.0. The average Bonchev–Trinajstić information content (AvgIpc) is 3.28. The van der Waals surface area contributed by atoms with Gasteiger partial charge in [-0.3, -0.25) is 14.4 Å². The summed E-state index contributed by atoms with van der Waals surface area (Å²) in [6.07, 6.45) is 0.517. The van der Waals surface area contributed by atoms with E-state index in [9.17, 15) is 19.5 Å². The van der Waals surface area contributed by atoms with Gasteiger partial charge < -0.3 is 35.4 Å². The smallest absolute Gasteiger partial charge is 0.305 e. The summed E-state index contributed by atoms with van der Waals surface area (Å²) in [6.45, 7) is 4.51. The van der Waals surface area contributed by atoms with E-state index >= 15 is 0 Å². The van der Waals surface area contributed by atoms with Gasteiger partial charge in [0, 0.05) is 37.3 Å². The summed E-state index contributed by atoms with van der Waals surface area (Å²) in [6, 6.07) is 17.1. The second-order valence-corrected chi connectivity index (χ2v) is 10.0. The molecule has 2 aliphatic heterocycles. The predicted octanol–water partition coefficient (Wildman–Crippen LogP) is 3.60. The number of aryl methyl sites for hydroxylation is 1. The fourth-order valence-electron chi connectivity index (χ4n) is 5.02. The van der Waals surface area contributed by atoms with E-state index in [0.717, 1.165) is 23.2 Å². The van der Waals surface area contributed by atoms with Crippen molar-refractivity contribution in [2.45, 2.75) is 25.8 Å². The number of carbonyl (C=O) groups is 3. The highest BCUT2D eigenvalue weighted by molar-refractivity contribution is 5.97. The van der Waals surface area contributed by atoms with Crippen molar-refractivity contribution < 1.29 is 29.0 Å². The van der Waals surface area contributed by atoms with Gasteiger partial charge in [0.05, 0.1) is 23.8 Å². The molecule has 10 nitrogen and oxygen atoms in total. The molecule has 1 fully saturated rings. The highest BCUT2D eigenvalue weighted by Crippen LogP contribution is 2.33. The summed E-state index contributed by atoms with van der Waals surface area (Å²) in [5, 5.41) is 12.2. The Morgan fingerprint density at radius 2 is 1.68 bits per heavy atom. The number of nitrogens with zero attached hydrogens (tertiary/aromatic N) is 2. The SMILES string of the molecule is Cc1ccc(C(CC(=O)O)NC(=O)c2ccc(N3CCCN(C(=O)c4ccc5c(c4)OCO5)CC3)c(N)c2)cc1. The van der Waals surface area contributed by atoms with Crippen molar-refractivity contribution in [2.75, 3.05) is 43.6 Å². The van der Waals surface area contributed by atoms with Crippen molar-refractivity contribution in [3.05, 3.63) is 82.9 Å². The largest absolute Gasteiger partial charge is 0.481 e. The van der Waals surface area contributed by atoms with Crippen LogP contribution in [-0.2, 0) is 4.79 Å². The lowest BCUT2D eigenvalue weighted by Crippen LogP contribution is -2.35. The van der Waals surface area contributed by atoms with E-state index in [2.05, 4.69) is 10.2 Å². The highest BCUT2D eigenvalue weighted by Gasteiger charge is 2.24. The van der Waals surface area contributed by atoms with Crippen LogP contribution in [0.2, 0.25) is 0 Å². The third kappa shape index (κ3) is 5.96. The van der Waals surface area contributed by atoms with E-state index < -0.39 is 17.9 Å². The number of ether oxygens (including phenoxy) is 2. The van der Waals surface area contributed by atoms with Crippen molar-refractivity contribution >= 4 is 29.2 Å². The number of benzene rings is 3. The topological polar surface area (TPSA) is 134 Å². The van der Waals surface area contributed by atoms with E-state index in [1.165, 1.54) is 0 Å². The second kappa shape index (κ2) is 11.6. The quantitative estimate of drug-likeness (QED) is 0.384. The Balaban J connectivity index is 1.24. The molecule has 0 spiro atoms. The fourth-order valence-corrected chi connectivity index (χ4v) is 5.02. The lowest BCUT2D eigenvalue weighted by molar-refractivity contribution is -0.137. The first kappa shape index (κ1) is 26.9. The number of carboxylic acid groups (broad SMARTS) is 1. The van der Waals surface area contributed by atoms with Crippen molar-refractivity contribution in [2.24, 2.45) is 0 Å². The predicted molar refractivity (Wildman–Crippen MR) is 150 cm³/mol. The van der Waals surface area contributed by atoms with Crippen LogP contribution in [0.4, 0.5) is 11.4 Å². The number of nitrogens with one attached hydrogen (secondary N) is 1. The van der Waals surface area contributed by atoms with Crippen LogP contribution >= 0.6 is 0 Å². The molecule has 10 heteroatoms. The molecule has 40 heavy (non-hydrogen) atoms. The third-order valence-electron chi connectivity index (χ3n) is 7.20. The first-order valence-corrected chi connectivity index (χ1v) is 13.2. The van der Waals surface area contributed by atoms with Crippen LogP contribution in [0.3, 0.4) is 0 Å². The summed E-state index contributed by atoms with van der Waals surface area (Å²) in [5.74, 6) is -0.259. The molecule has 2 aliphatic rings. The van der Waals surface area contributed by atoms with Gasteiger partial charge in [0.25, 0.3) is 11.8 Å². The lowest BCUT2D eigenvalue weighted by Gasteiger charge is -2.25. The number of carboxylic acids is 1. The molecule has 0 aromatic heterocycles. The van der Waals surface area contributed by atoms with Crippen LogP contribution in [-0.4, -0.2) is 60.8 Å². The zero-order chi connectivity index (χ0) is 28.2. The van der Waals surface area contributed by atoms with E-state index in [-0.39, 0.29) is 19.1 Å². The maximum absolute atomic E-state index is 13.2. The normalized spacial score (nSPS) is 15.3. The number of carbonyl (C=O) groups excluding carboxylic acids is 2. The fraction of sp³-hybridized carbons (Fsp3) is 0.300. The molecule has 0 bridgehead atoms. The maximum atomic E-state index is 13.2. The first-order valence-electron chi connectivity index (χ1n) is 13.2. The molecule has 2 amide bonds. The molecule has 208 valence electrons. The Morgan fingerprint density at radius 3 is 2.42 bits per heavy atom. The van der Waals surface area contributed by atoms with Crippen LogP contribution in [0.5, 0.6) is 11.5 Å². The standard InChI is InChI=1S/C30H32N4O6/c1-19-3-5-20(6-4-19)24(17-28(35)36)32-29(37)21-7-9-25(23(31)15-21)33-11-2-12-34(14-13-33)30(38)22-8-10-26-27(16-22)40-18-39-26/h3-10,15-16,24H,2,11-14,17-18,31H2,1H3,(H,32,37)(H,35,36). The molecule has 0 saturated carbocycles. The van der Waals surface area contributed by atoms with Crippen LogP contribution in [0.1, 0.15) is 50.7 Å². The molecule has 5 rings (SSSR count). The van der Waals surface area contributed by atoms with Gasteiger partial charge in [-0.1, -0.05) is 29.8 Å². The molecule has 1 saturated heterocycles. The van der Waals surface area contributed by atoms with Crippen LogP contribution < -0.4 is 25.4 Å². The molecule has 3 aromatic rings. The van der Waals surface area contributed by atoms with Crippen molar-refractivity contribution in [3.63, 3.8) is 0 Å². The van der Waals surface area contributed by atoms with Crippen molar-refractivity contribution in [1.82, 2.24) is 10.2 Å². The number of fused-ring (bicyclic) bond motifs is 1. The van der Waals surface area contributed by atoms with Crippen molar-refractivity contribution in [3.8, 4) is 11.5 Å². The summed E-state index contributed by atoms with van der Waals surface area (Å²) in [4.78, 5) is 41.6. The molecular formula is C30H32N4O6. The molecule has 4 N–H and O–H groups in total. The molecule has 0 aliphatic carbocycles. The maximum Gasteiger partial charge on any atom is 0.305 e. The number of nitrogen functional groups attached to an aromatic ring is 1. The zero-order valence-corrected chi connectivity index (χ0v) is 22.3. The number of hydrogen-bond acceptors (Lipinski definition) is 7. The molecular weight excluding hydrogens is 512 g/mol. The Morgan fingerprint density at radius 1 is 0.925 bits per heavy atom. The Labute approximate surface area is 232 Å². The number of hydrogen-bond donors (Lipinski definition) is 3. The minimum absolute atomic E-state index is 0.0652.